The molecule has 0 N–H and O–H groups in total. The zero-order valence-electron chi connectivity index (χ0n) is 14.8. The molecule has 1 aromatic heterocycles. The Morgan fingerprint density at radius 3 is 2.70 bits per heavy atom. The van der Waals surface area contributed by atoms with E-state index in [1.807, 2.05) is 35.0 Å². The van der Waals surface area contributed by atoms with Crippen molar-refractivity contribution in [3.8, 4) is 11.4 Å². The number of thioether (sulfide) groups is 1. The standard InChI is InChI=1S/C20H18ClN3O2S/c1-26-18-10-9-14(11-16(18)21)17(25)12-27-20-22-19(13-7-8-13)24(23-20)15-5-3-2-4-6-15/h2-6,9-11,13H,7-8,12H2,1H3. The van der Waals surface area contributed by atoms with Gasteiger partial charge in [-0.05, 0) is 43.2 Å². The molecule has 27 heavy (non-hydrogen) atoms. The Labute approximate surface area is 166 Å². The summed E-state index contributed by atoms with van der Waals surface area (Å²) in [7, 11) is 1.55. The summed E-state index contributed by atoms with van der Waals surface area (Å²) in [6.07, 6.45) is 2.28. The van der Waals surface area contributed by atoms with Crippen LogP contribution in [0, 0.1) is 0 Å². The predicted molar refractivity (Wildman–Crippen MR) is 106 cm³/mol. The number of halogens is 1. The van der Waals surface area contributed by atoms with Gasteiger partial charge in [-0.2, -0.15) is 0 Å². The molecule has 138 valence electrons. The van der Waals surface area contributed by atoms with E-state index >= 15 is 0 Å². The Balaban J connectivity index is 1.50. The second-order valence-corrected chi connectivity index (χ2v) is 7.69. The third-order valence-corrected chi connectivity index (χ3v) is 5.50. The second kappa shape index (κ2) is 7.74. The molecule has 0 radical (unpaired) electrons. The number of hydrogen-bond donors (Lipinski definition) is 0. The molecule has 1 fully saturated rings. The van der Waals surface area contributed by atoms with Gasteiger partial charge in [0.15, 0.2) is 5.78 Å². The van der Waals surface area contributed by atoms with Crippen LogP contribution in [0.2, 0.25) is 5.02 Å². The van der Waals surface area contributed by atoms with E-state index in [1.54, 1.807) is 25.3 Å². The maximum Gasteiger partial charge on any atom is 0.209 e. The van der Waals surface area contributed by atoms with E-state index in [4.69, 9.17) is 16.3 Å². The lowest BCUT2D eigenvalue weighted by Gasteiger charge is -2.05. The smallest absolute Gasteiger partial charge is 0.209 e. The molecule has 0 spiro atoms. The van der Waals surface area contributed by atoms with Gasteiger partial charge in [0, 0.05) is 11.5 Å². The number of ether oxygens (including phenoxy) is 1. The number of para-hydroxylation sites is 1. The highest BCUT2D eigenvalue weighted by atomic mass is 35.5. The normalized spacial score (nSPS) is 13.6. The van der Waals surface area contributed by atoms with Gasteiger partial charge in [-0.1, -0.05) is 41.6 Å². The maximum atomic E-state index is 12.5. The first-order valence-electron chi connectivity index (χ1n) is 8.67. The molecule has 1 heterocycles. The molecule has 0 unspecified atom stereocenters. The maximum absolute atomic E-state index is 12.5. The number of aromatic nitrogens is 3. The number of hydrogen-bond acceptors (Lipinski definition) is 5. The number of methoxy groups -OCH3 is 1. The van der Waals surface area contributed by atoms with Gasteiger partial charge in [0.1, 0.15) is 11.6 Å². The molecule has 1 saturated carbocycles. The summed E-state index contributed by atoms with van der Waals surface area (Å²) in [6, 6.07) is 15.0. The van der Waals surface area contributed by atoms with E-state index in [0.717, 1.165) is 24.4 Å². The minimum absolute atomic E-state index is 0.0198. The lowest BCUT2D eigenvalue weighted by molar-refractivity contribution is 0.102. The Kier molecular flexibility index (Phi) is 5.18. The van der Waals surface area contributed by atoms with E-state index in [0.29, 0.717) is 27.4 Å². The van der Waals surface area contributed by atoms with Gasteiger partial charge in [0.25, 0.3) is 0 Å². The highest BCUT2D eigenvalue weighted by Gasteiger charge is 2.30. The Hall–Kier alpha value is -2.31. The van der Waals surface area contributed by atoms with Crippen molar-refractivity contribution < 1.29 is 9.53 Å². The van der Waals surface area contributed by atoms with E-state index in [2.05, 4.69) is 10.1 Å². The fourth-order valence-corrected chi connectivity index (χ4v) is 3.77. The molecule has 1 aliphatic carbocycles. The number of carbonyl (C=O) groups is 1. The number of nitrogens with zero attached hydrogens (tertiary/aromatic N) is 3. The van der Waals surface area contributed by atoms with E-state index in [1.165, 1.54) is 11.8 Å². The van der Waals surface area contributed by atoms with Crippen LogP contribution >= 0.6 is 23.4 Å². The number of carbonyl (C=O) groups excluding carboxylic acids is 1. The van der Waals surface area contributed by atoms with E-state index < -0.39 is 0 Å². The minimum atomic E-state index is -0.0198. The Morgan fingerprint density at radius 1 is 1.26 bits per heavy atom. The third kappa shape index (κ3) is 4.01. The average Bonchev–Trinajstić information content (AvgIpc) is 3.46. The number of Topliss-reactive ketones (excluding diaryl/α,β-unsaturated/α-hetero) is 1. The summed E-state index contributed by atoms with van der Waals surface area (Å²) < 4.78 is 7.02. The molecule has 0 aliphatic heterocycles. The van der Waals surface area contributed by atoms with Crippen molar-refractivity contribution in [1.82, 2.24) is 14.8 Å². The fourth-order valence-electron chi connectivity index (χ4n) is 2.78. The zero-order valence-corrected chi connectivity index (χ0v) is 16.3. The fraction of sp³-hybridized carbons (Fsp3) is 0.250. The summed E-state index contributed by atoms with van der Waals surface area (Å²) in [5.74, 6) is 2.23. The highest BCUT2D eigenvalue weighted by Crippen LogP contribution is 2.40. The molecule has 0 amide bonds. The lowest BCUT2D eigenvalue weighted by atomic mass is 10.1. The van der Waals surface area contributed by atoms with Crippen LogP contribution in [0.5, 0.6) is 5.75 Å². The van der Waals surface area contributed by atoms with Gasteiger partial charge >= 0.3 is 0 Å². The van der Waals surface area contributed by atoms with Crippen LogP contribution in [0.25, 0.3) is 5.69 Å². The summed E-state index contributed by atoms with van der Waals surface area (Å²) in [5.41, 5.74) is 1.55. The van der Waals surface area contributed by atoms with Crippen molar-refractivity contribution in [3.63, 3.8) is 0 Å². The number of rotatable bonds is 7. The molecular formula is C20H18ClN3O2S. The van der Waals surface area contributed by atoms with Gasteiger partial charge in [0.2, 0.25) is 5.16 Å². The first-order chi connectivity index (χ1) is 13.2. The van der Waals surface area contributed by atoms with Crippen LogP contribution < -0.4 is 4.74 Å². The number of ketones is 1. The Morgan fingerprint density at radius 2 is 2.04 bits per heavy atom. The van der Waals surface area contributed by atoms with Crippen molar-refractivity contribution in [2.45, 2.75) is 23.9 Å². The first-order valence-corrected chi connectivity index (χ1v) is 10.0. The first kappa shape index (κ1) is 18.1. The third-order valence-electron chi connectivity index (χ3n) is 4.36. The topological polar surface area (TPSA) is 57.0 Å². The Bertz CT molecular complexity index is 971. The highest BCUT2D eigenvalue weighted by molar-refractivity contribution is 7.99. The summed E-state index contributed by atoms with van der Waals surface area (Å²) in [5, 5.41) is 5.67. The molecule has 0 bridgehead atoms. The summed E-state index contributed by atoms with van der Waals surface area (Å²) in [4.78, 5) is 17.2. The monoisotopic (exact) mass is 399 g/mol. The van der Waals surface area contributed by atoms with Gasteiger partial charge in [0.05, 0.1) is 23.6 Å². The van der Waals surface area contributed by atoms with Crippen LogP contribution in [0.4, 0.5) is 0 Å². The summed E-state index contributed by atoms with van der Waals surface area (Å²) >= 11 is 7.46. The van der Waals surface area contributed by atoms with Gasteiger partial charge in [-0.3, -0.25) is 4.79 Å². The SMILES string of the molecule is COc1ccc(C(=O)CSc2nc(C3CC3)n(-c3ccccc3)n2)cc1Cl. The van der Waals surface area contributed by atoms with Crippen molar-refractivity contribution in [3.05, 3.63) is 64.9 Å². The van der Waals surface area contributed by atoms with Crippen molar-refractivity contribution in [2.75, 3.05) is 12.9 Å². The molecule has 0 atom stereocenters. The molecule has 0 saturated heterocycles. The second-order valence-electron chi connectivity index (χ2n) is 6.34. The molecular weight excluding hydrogens is 382 g/mol. The van der Waals surface area contributed by atoms with Crippen LogP contribution in [-0.4, -0.2) is 33.4 Å². The molecule has 5 nitrogen and oxygen atoms in total. The zero-order chi connectivity index (χ0) is 18.8. The van der Waals surface area contributed by atoms with Gasteiger partial charge in [-0.25, -0.2) is 9.67 Å². The minimum Gasteiger partial charge on any atom is -0.495 e. The molecule has 4 rings (SSSR count). The quantitative estimate of drug-likeness (QED) is 0.422. The van der Waals surface area contributed by atoms with Crippen LogP contribution in [0.3, 0.4) is 0 Å². The van der Waals surface area contributed by atoms with Crippen LogP contribution in [0.15, 0.2) is 53.7 Å². The molecule has 3 aromatic rings. The van der Waals surface area contributed by atoms with Gasteiger partial charge in [-0.15, -0.1) is 5.10 Å². The van der Waals surface area contributed by atoms with Crippen molar-refractivity contribution in [2.24, 2.45) is 0 Å². The van der Waals surface area contributed by atoms with Gasteiger partial charge < -0.3 is 4.74 Å². The van der Waals surface area contributed by atoms with E-state index in [-0.39, 0.29) is 11.5 Å². The molecule has 1 aliphatic rings. The van der Waals surface area contributed by atoms with Crippen molar-refractivity contribution in [1.29, 1.82) is 0 Å². The average molecular weight is 400 g/mol. The van der Waals surface area contributed by atoms with E-state index in [9.17, 15) is 4.79 Å². The summed E-state index contributed by atoms with van der Waals surface area (Å²) in [6.45, 7) is 0. The number of benzene rings is 2. The predicted octanol–water partition coefficient (Wildman–Crippen LogP) is 4.78. The van der Waals surface area contributed by atoms with Crippen LogP contribution in [-0.2, 0) is 0 Å². The molecule has 7 heteroatoms. The lowest BCUT2D eigenvalue weighted by Crippen LogP contribution is -2.03. The largest absolute Gasteiger partial charge is 0.495 e. The van der Waals surface area contributed by atoms with Crippen LogP contribution in [0.1, 0.15) is 34.9 Å². The molecule has 2 aromatic carbocycles. The van der Waals surface area contributed by atoms with Crippen molar-refractivity contribution >= 4 is 29.1 Å².